The van der Waals surface area contributed by atoms with Crippen molar-refractivity contribution in [2.75, 3.05) is 26.1 Å². The van der Waals surface area contributed by atoms with E-state index in [1.807, 2.05) is 0 Å². The van der Waals surface area contributed by atoms with Crippen LogP contribution in [0.1, 0.15) is 0 Å². The van der Waals surface area contributed by atoms with Crippen molar-refractivity contribution in [3.8, 4) is 5.75 Å². The molecule has 0 atom stereocenters. The first-order valence-electron chi connectivity index (χ1n) is 5.64. The van der Waals surface area contributed by atoms with Gasteiger partial charge in [0.25, 0.3) is 5.56 Å². The second kappa shape index (κ2) is 6.01. The zero-order valence-corrected chi connectivity index (χ0v) is 10.7. The smallest absolute Gasteiger partial charge is 0.295 e. The van der Waals surface area contributed by atoms with Crippen molar-refractivity contribution in [2.24, 2.45) is 0 Å². The Morgan fingerprint density at radius 3 is 3.05 bits per heavy atom. The van der Waals surface area contributed by atoms with Gasteiger partial charge in [0.05, 0.1) is 38.5 Å². The van der Waals surface area contributed by atoms with E-state index < -0.39 is 0 Å². The molecule has 0 bridgehead atoms. The van der Waals surface area contributed by atoms with Gasteiger partial charge in [-0.05, 0) is 0 Å². The first-order valence-corrected chi connectivity index (χ1v) is 5.64. The van der Waals surface area contributed by atoms with E-state index in [2.05, 4.69) is 20.4 Å². The molecule has 0 fully saturated rings. The van der Waals surface area contributed by atoms with E-state index in [1.165, 1.54) is 13.4 Å². The zero-order chi connectivity index (χ0) is 13.7. The fourth-order valence-electron chi connectivity index (χ4n) is 1.54. The van der Waals surface area contributed by atoms with Gasteiger partial charge in [0.1, 0.15) is 0 Å². The van der Waals surface area contributed by atoms with E-state index in [9.17, 15) is 4.79 Å². The minimum Gasteiger partial charge on any atom is -0.489 e. The molecule has 0 unspecified atom stereocenters. The molecule has 8 heteroatoms. The molecule has 2 heterocycles. The number of nitrogens with one attached hydrogen (secondary N) is 2. The number of hydrogen-bond acceptors (Lipinski definition) is 6. The summed E-state index contributed by atoms with van der Waals surface area (Å²) in [5.74, 6) is 0.477. The van der Waals surface area contributed by atoms with Crippen molar-refractivity contribution in [1.29, 1.82) is 0 Å². The third-order valence-electron chi connectivity index (χ3n) is 2.44. The highest BCUT2D eigenvalue weighted by Gasteiger charge is 2.09. The maximum Gasteiger partial charge on any atom is 0.295 e. The van der Waals surface area contributed by atoms with Crippen molar-refractivity contribution in [3.63, 3.8) is 0 Å². The van der Waals surface area contributed by atoms with Crippen LogP contribution in [-0.2, 0) is 11.3 Å². The first kappa shape index (κ1) is 13.1. The molecule has 8 nitrogen and oxygen atoms in total. The van der Waals surface area contributed by atoms with E-state index in [0.29, 0.717) is 24.7 Å². The Bertz CT molecular complexity index is 592. The number of anilines is 2. The molecular weight excluding hydrogens is 250 g/mol. The lowest BCUT2D eigenvalue weighted by atomic mass is 10.4. The number of nitrogens with zero attached hydrogens (tertiary/aromatic N) is 3. The van der Waals surface area contributed by atoms with Crippen LogP contribution in [0.3, 0.4) is 0 Å². The molecule has 2 aromatic rings. The Kier molecular flexibility index (Phi) is 4.14. The van der Waals surface area contributed by atoms with Crippen molar-refractivity contribution < 1.29 is 9.47 Å². The van der Waals surface area contributed by atoms with Gasteiger partial charge in [0.2, 0.25) is 5.75 Å². The highest BCUT2D eigenvalue weighted by molar-refractivity contribution is 5.59. The summed E-state index contributed by atoms with van der Waals surface area (Å²) in [5.41, 5.74) is 0.374. The zero-order valence-electron chi connectivity index (χ0n) is 10.7. The first-order chi connectivity index (χ1) is 9.24. The fraction of sp³-hybridized carbons (Fsp3) is 0.364. The van der Waals surface area contributed by atoms with E-state index in [1.54, 1.807) is 24.2 Å². The molecule has 2 rings (SSSR count). The molecule has 0 amide bonds. The highest BCUT2D eigenvalue weighted by atomic mass is 16.5. The number of ether oxygens (including phenoxy) is 2. The van der Waals surface area contributed by atoms with Crippen LogP contribution >= 0.6 is 0 Å². The maximum absolute atomic E-state index is 11.5. The molecule has 0 spiro atoms. The monoisotopic (exact) mass is 265 g/mol. The van der Waals surface area contributed by atoms with Gasteiger partial charge in [0, 0.05) is 13.3 Å². The van der Waals surface area contributed by atoms with Gasteiger partial charge < -0.3 is 19.8 Å². The molecule has 102 valence electrons. The Morgan fingerprint density at radius 1 is 1.47 bits per heavy atom. The number of aromatic nitrogens is 4. The summed E-state index contributed by atoms with van der Waals surface area (Å²) in [7, 11) is 3.05. The van der Waals surface area contributed by atoms with Gasteiger partial charge in [-0.2, -0.15) is 5.10 Å². The van der Waals surface area contributed by atoms with Gasteiger partial charge in [-0.3, -0.25) is 9.48 Å². The predicted molar refractivity (Wildman–Crippen MR) is 68.8 cm³/mol. The topological polar surface area (TPSA) is 94.1 Å². The van der Waals surface area contributed by atoms with Crippen LogP contribution in [0, 0.1) is 0 Å². The number of aromatic amines is 1. The molecule has 0 saturated carbocycles. The van der Waals surface area contributed by atoms with Crippen molar-refractivity contribution in [3.05, 3.63) is 29.1 Å². The van der Waals surface area contributed by atoms with Crippen LogP contribution in [-0.4, -0.2) is 40.6 Å². The Hall–Kier alpha value is -2.35. The number of H-pyrrole nitrogens is 1. The lowest BCUT2D eigenvalue weighted by molar-refractivity contribution is 0.183. The number of methoxy groups -OCH3 is 2. The van der Waals surface area contributed by atoms with E-state index >= 15 is 0 Å². The van der Waals surface area contributed by atoms with Gasteiger partial charge in [-0.1, -0.05) is 0 Å². The SMILES string of the molecule is COCCn1cc(Nc2nc[nH]c(=O)c2OC)cn1. The maximum atomic E-state index is 11.5. The molecule has 0 radical (unpaired) electrons. The quantitative estimate of drug-likeness (QED) is 0.783. The second-order valence-electron chi connectivity index (χ2n) is 3.72. The molecule has 0 aliphatic carbocycles. The van der Waals surface area contributed by atoms with Gasteiger partial charge in [-0.15, -0.1) is 0 Å². The average Bonchev–Trinajstić information content (AvgIpc) is 2.84. The Balaban J connectivity index is 2.15. The molecule has 0 aliphatic rings. The van der Waals surface area contributed by atoms with Crippen molar-refractivity contribution in [1.82, 2.24) is 19.7 Å². The van der Waals surface area contributed by atoms with Crippen LogP contribution in [0.2, 0.25) is 0 Å². The largest absolute Gasteiger partial charge is 0.489 e. The second-order valence-corrected chi connectivity index (χ2v) is 3.72. The predicted octanol–water partition coefficient (Wildman–Crippen LogP) is 0.365. The van der Waals surface area contributed by atoms with E-state index in [-0.39, 0.29) is 11.3 Å². The minimum atomic E-state index is -0.341. The lowest BCUT2D eigenvalue weighted by Crippen LogP contribution is -2.12. The normalized spacial score (nSPS) is 10.4. The van der Waals surface area contributed by atoms with Gasteiger partial charge in [-0.25, -0.2) is 4.98 Å². The molecular formula is C11H15N5O3. The van der Waals surface area contributed by atoms with Crippen LogP contribution < -0.4 is 15.6 Å². The summed E-state index contributed by atoms with van der Waals surface area (Å²) >= 11 is 0. The minimum absolute atomic E-state index is 0.132. The van der Waals surface area contributed by atoms with Crippen molar-refractivity contribution in [2.45, 2.75) is 6.54 Å². The molecule has 19 heavy (non-hydrogen) atoms. The van der Waals surface area contributed by atoms with E-state index in [4.69, 9.17) is 9.47 Å². The summed E-state index contributed by atoms with van der Waals surface area (Å²) in [5, 5.41) is 7.13. The average molecular weight is 265 g/mol. The number of rotatable bonds is 6. The molecule has 0 aromatic carbocycles. The highest BCUT2D eigenvalue weighted by Crippen LogP contribution is 2.19. The Morgan fingerprint density at radius 2 is 2.32 bits per heavy atom. The van der Waals surface area contributed by atoms with E-state index in [0.717, 1.165) is 0 Å². The third-order valence-corrected chi connectivity index (χ3v) is 2.44. The molecule has 0 saturated heterocycles. The lowest BCUT2D eigenvalue weighted by Gasteiger charge is -2.06. The molecule has 2 aromatic heterocycles. The van der Waals surface area contributed by atoms with Gasteiger partial charge in [0.15, 0.2) is 5.82 Å². The fourth-order valence-corrected chi connectivity index (χ4v) is 1.54. The summed E-state index contributed by atoms with van der Waals surface area (Å²) in [6.07, 6.45) is 4.74. The molecule has 0 aliphatic heterocycles. The van der Waals surface area contributed by atoms with Crippen molar-refractivity contribution >= 4 is 11.5 Å². The Labute approximate surface area is 109 Å². The van der Waals surface area contributed by atoms with Crippen LogP contribution in [0.25, 0.3) is 0 Å². The van der Waals surface area contributed by atoms with Crippen LogP contribution in [0.5, 0.6) is 5.75 Å². The summed E-state index contributed by atoms with van der Waals surface area (Å²) in [4.78, 5) is 18.0. The summed E-state index contributed by atoms with van der Waals surface area (Å²) in [6, 6.07) is 0. The standard InChI is InChI=1S/C11H15N5O3/c1-18-4-3-16-6-8(5-14-16)15-10-9(19-2)11(17)13-7-12-10/h5-7H,3-4H2,1-2H3,(H2,12,13,15,17). The van der Waals surface area contributed by atoms with Crippen LogP contribution in [0.15, 0.2) is 23.5 Å². The summed E-state index contributed by atoms with van der Waals surface area (Å²) in [6.45, 7) is 1.23. The summed E-state index contributed by atoms with van der Waals surface area (Å²) < 4.78 is 11.7. The van der Waals surface area contributed by atoms with Gasteiger partial charge >= 0.3 is 0 Å². The van der Waals surface area contributed by atoms with Crippen LogP contribution in [0.4, 0.5) is 11.5 Å². The molecule has 2 N–H and O–H groups in total. The third kappa shape index (κ3) is 3.10. The number of hydrogen-bond donors (Lipinski definition) is 2.